The summed E-state index contributed by atoms with van der Waals surface area (Å²) in [5.41, 5.74) is 2.81. The molecule has 0 bridgehead atoms. The SMILES string of the molecule is CC(c1ccccc1)[C@@H](I)c1ccccc1. The third-order valence-electron chi connectivity index (χ3n) is 2.88. The van der Waals surface area contributed by atoms with Crippen molar-refractivity contribution < 1.29 is 0 Å². The van der Waals surface area contributed by atoms with Crippen LogP contribution >= 0.6 is 22.6 Å². The molecule has 0 aliphatic rings. The Balaban J connectivity index is 2.20. The second kappa shape index (κ2) is 5.48. The lowest BCUT2D eigenvalue weighted by Gasteiger charge is -2.19. The van der Waals surface area contributed by atoms with E-state index in [-0.39, 0.29) is 0 Å². The van der Waals surface area contributed by atoms with Gasteiger partial charge in [-0.2, -0.15) is 0 Å². The molecule has 1 unspecified atom stereocenters. The van der Waals surface area contributed by atoms with Crippen LogP contribution in [0, 0.1) is 0 Å². The Morgan fingerprint density at radius 1 is 0.750 bits per heavy atom. The first kappa shape index (κ1) is 11.6. The topological polar surface area (TPSA) is 0 Å². The molecule has 0 heterocycles. The monoisotopic (exact) mass is 322 g/mol. The van der Waals surface area contributed by atoms with Gasteiger partial charge in [-0.1, -0.05) is 90.2 Å². The lowest BCUT2D eigenvalue weighted by molar-refractivity contribution is 0.764. The highest BCUT2D eigenvalue weighted by atomic mass is 127. The maximum absolute atomic E-state index is 2.54. The van der Waals surface area contributed by atoms with Gasteiger partial charge >= 0.3 is 0 Å². The number of rotatable bonds is 3. The van der Waals surface area contributed by atoms with E-state index in [0.29, 0.717) is 9.84 Å². The van der Waals surface area contributed by atoms with Gasteiger partial charge in [-0.15, -0.1) is 0 Å². The molecule has 2 aromatic rings. The van der Waals surface area contributed by atoms with Gasteiger partial charge in [0.25, 0.3) is 0 Å². The minimum atomic E-state index is 0.529. The minimum Gasteiger partial charge on any atom is -0.0768 e. The van der Waals surface area contributed by atoms with Crippen LogP contribution in [0.3, 0.4) is 0 Å². The van der Waals surface area contributed by atoms with E-state index in [9.17, 15) is 0 Å². The van der Waals surface area contributed by atoms with E-state index >= 15 is 0 Å². The highest BCUT2D eigenvalue weighted by molar-refractivity contribution is 14.1. The van der Waals surface area contributed by atoms with Gasteiger partial charge in [-0.05, 0) is 17.0 Å². The molecule has 0 saturated heterocycles. The van der Waals surface area contributed by atoms with Gasteiger partial charge in [0.1, 0.15) is 0 Å². The van der Waals surface area contributed by atoms with Crippen LogP contribution in [0.4, 0.5) is 0 Å². The highest BCUT2D eigenvalue weighted by Gasteiger charge is 2.16. The first-order chi connectivity index (χ1) is 7.79. The first-order valence-electron chi connectivity index (χ1n) is 5.53. The molecule has 2 aromatic carbocycles. The zero-order valence-electron chi connectivity index (χ0n) is 9.31. The molecule has 0 spiro atoms. The summed E-state index contributed by atoms with van der Waals surface area (Å²) < 4.78 is 0.529. The third-order valence-corrected chi connectivity index (χ3v) is 4.68. The minimum absolute atomic E-state index is 0.529. The average molecular weight is 322 g/mol. The molecule has 0 radical (unpaired) electrons. The summed E-state index contributed by atoms with van der Waals surface area (Å²) in [6.07, 6.45) is 0. The van der Waals surface area contributed by atoms with E-state index in [0.717, 1.165) is 0 Å². The van der Waals surface area contributed by atoms with Gasteiger partial charge < -0.3 is 0 Å². The fourth-order valence-electron chi connectivity index (χ4n) is 1.85. The fourth-order valence-corrected chi connectivity index (χ4v) is 2.68. The third kappa shape index (κ3) is 2.64. The molecule has 0 amide bonds. The molecule has 0 aromatic heterocycles. The van der Waals surface area contributed by atoms with Crippen molar-refractivity contribution in [3.05, 3.63) is 71.8 Å². The van der Waals surface area contributed by atoms with Crippen LogP contribution < -0.4 is 0 Å². The number of alkyl halides is 1. The maximum Gasteiger partial charge on any atom is 0.0425 e. The second-order valence-electron chi connectivity index (χ2n) is 4.01. The van der Waals surface area contributed by atoms with Gasteiger partial charge in [0, 0.05) is 3.92 Å². The van der Waals surface area contributed by atoms with E-state index in [1.54, 1.807) is 0 Å². The summed E-state index contributed by atoms with van der Waals surface area (Å²) in [6, 6.07) is 21.4. The quantitative estimate of drug-likeness (QED) is 0.553. The smallest absolute Gasteiger partial charge is 0.0425 e. The summed E-state index contributed by atoms with van der Waals surface area (Å²) >= 11 is 2.54. The molecule has 0 fully saturated rings. The van der Waals surface area contributed by atoms with Gasteiger partial charge in [0.2, 0.25) is 0 Å². The molecule has 0 N–H and O–H groups in total. The molecule has 0 aliphatic heterocycles. The zero-order valence-corrected chi connectivity index (χ0v) is 11.5. The predicted octanol–water partition coefficient (Wildman–Crippen LogP) is 4.97. The Morgan fingerprint density at radius 3 is 1.69 bits per heavy atom. The van der Waals surface area contributed by atoms with Crippen molar-refractivity contribution in [2.75, 3.05) is 0 Å². The van der Waals surface area contributed by atoms with Gasteiger partial charge in [0.15, 0.2) is 0 Å². The Labute approximate surface area is 111 Å². The average Bonchev–Trinajstić information content (AvgIpc) is 2.39. The van der Waals surface area contributed by atoms with Crippen LogP contribution in [0.2, 0.25) is 0 Å². The van der Waals surface area contributed by atoms with Crippen molar-refractivity contribution in [3.63, 3.8) is 0 Å². The molecule has 0 aliphatic carbocycles. The summed E-state index contributed by atoms with van der Waals surface area (Å²) in [5, 5.41) is 0. The maximum atomic E-state index is 2.54. The number of benzene rings is 2. The van der Waals surface area contributed by atoms with E-state index in [2.05, 4.69) is 90.2 Å². The molecular formula is C15H15I. The van der Waals surface area contributed by atoms with Crippen LogP contribution in [0.5, 0.6) is 0 Å². The lowest BCUT2D eigenvalue weighted by atomic mass is 9.94. The fraction of sp³-hybridized carbons (Fsp3) is 0.200. The predicted molar refractivity (Wildman–Crippen MR) is 78.1 cm³/mol. The van der Waals surface area contributed by atoms with Crippen LogP contribution in [0.25, 0.3) is 0 Å². The number of halogens is 1. The van der Waals surface area contributed by atoms with Crippen LogP contribution in [-0.2, 0) is 0 Å². The van der Waals surface area contributed by atoms with Gasteiger partial charge in [-0.3, -0.25) is 0 Å². The van der Waals surface area contributed by atoms with Crippen LogP contribution in [-0.4, -0.2) is 0 Å². The van der Waals surface area contributed by atoms with Gasteiger partial charge in [0.05, 0.1) is 0 Å². The summed E-state index contributed by atoms with van der Waals surface area (Å²) in [4.78, 5) is 0. The van der Waals surface area contributed by atoms with Gasteiger partial charge in [-0.25, -0.2) is 0 Å². The molecule has 16 heavy (non-hydrogen) atoms. The van der Waals surface area contributed by atoms with E-state index < -0.39 is 0 Å². The van der Waals surface area contributed by atoms with Crippen LogP contribution in [0.1, 0.15) is 27.9 Å². The Morgan fingerprint density at radius 2 is 1.19 bits per heavy atom. The molecule has 2 rings (SSSR count). The Hall–Kier alpha value is -0.830. The van der Waals surface area contributed by atoms with Crippen molar-refractivity contribution in [1.82, 2.24) is 0 Å². The van der Waals surface area contributed by atoms with E-state index in [1.807, 2.05) is 0 Å². The van der Waals surface area contributed by atoms with E-state index in [1.165, 1.54) is 11.1 Å². The van der Waals surface area contributed by atoms with Crippen LogP contribution in [0.15, 0.2) is 60.7 Å². The molecular weight excluding hydrogens is 307 g/mol. The zero-order chi connectivity index (χ0) is 11.4. The van der Waals surface area contributed by atoms with Crippen molar-refractivity contribution in [3.8, 4) is 0 Å². The normalized spacial score (nSPS) is 14.4. The van der Waals surface area contributed by atoms with Crippen molar-refractivity contribution >= 4 is 22.6 Å². The first-order valence-corrected chi connectivity index (χ1v) is 6.77. The summed E-state index contributed by atoms with van der Waals surface area (Å²) in [6.45, 7) is 2.29. The van der Waals surface area contributed by atoms with Crippen molar-refractivity contribution in [2.45, 2.75) is 16.8 Å². The largest absolute Gasteiger partial charge is 0.0768 e. The Bertz CT molecular complexity index is 378. The molecule has 1 heteroatoms. The second-order valence-corrected chi connectivity index (χ2v) is 5.35. The molecule has 0 nitrogen and oxygen atoms in total. The molecule has 0 saturated carbocycles. The standard InChI is InChI=1S/C15H15I/c1-12(13-8-4-2-5-9-13)15(16)14-10-6-3-7-11-14/h2-12,15H,1H3/t12?,15-/m1/s1. The van der Waals surface area contributed by atoms with E-state index in [4.69, 9.17) is 0 Å². The van der Waals surface area contributed by atoms with Crippen molar-refractivity contribution in [1.29, 1.82) is 0 Å². The number of hydrogen-bond donors (Lipinski definition) is 0. The Kier molecular flexibility index (Phi) is 3.99. The molecule has 2 atom stereocenters. The summed E-state index contributed by atoms with van der Waals surface area (Å²) in [5.74, 6) is 0.546. The van der Waals surface area contributed by atoms with Crippen molar-refractivity contribution in [2.24, 2.45) is 0 Å². The number of hydrogen-bond acceptors (Lipinski definition) is 0. The molecule has 82 valence electrons. The summed E-state index contributed by atoms with van der Waals surface area (Å²) in [7, 11) is 0. The highest BCUT2D eigenvalue weighted by Crippen LogP contribution is 2.37. The lowest BCUT2D eigenvalue weighted by Crippen LogP contribution is -2.01.